The van der Waals surface area contributed by atoms with Crippen molar-refractivity contribution >= 4 is 5.91 Å². The van der Waals surface area contributed by atoms with Crippen LogP contribution < -0.4 is 5.32 Å². The van der Waals surface area contributed by atoms with Crippen LogP contribution in [0.1, 0.15) is 1.43 Å². The lowest BCUT2D eigenvalue weighted by Crippen LogP contribution is -2.14. The van der Waals surface area contributed by atoms with Crippen molar-refractivity contribution in [3.8, 4) is 0 Å². The molecule has 0 aliphatic carbocycles. The molecule has 0 aromatic carbocycles. The van der Waals surface area contributed by atoms with Crippen LogP contribution in [-0.2, 0) is 4.79 Å². The molecule has 0 saturated heterocycles. The molecule has 1 N–H and O–H groups in total. The van der Waals surface area contributed by atoms with Crippen LogP contribution in [0, 0.1) is 0 Å². The molecule has 0 aliphatic heterocycles. The van der Waals surface area contributed by atoms with E-state index in [2.05, 4.69) is 0 Å². The molecular weight excluding hydrogens is 116 g/mol. The molecule has 0 spiro atoms. The summed E-state index contributed by atoms with van der Waals surface area (Å²) in [6.07, 6.45) is -1.76. The number of nitrogens with one attached hydrogen (secondary N) is 1. The van der Waals surface area contributed by atoms with Gasteiger partial charge in [-0.15, -0.1) is 0 Å². The van der Waals surface area contributed by atoms with E-state index >= 15 is 0 Å². The number of halogens is 2. The van der Waals surface area contributed by atoms with Gasteiger partial charge in [-0.3, -0.25) is 4.79 Å². The van der Waals surface area contributed by atoms with Crippen LogP contribution in [0.4, 0.5) is 8.78 Å². The molecule has 0 bridgehead atoms. The summed E-state index contributed by atoms with van der Waals surface area (Å²) in [7, 11) is 1.28. The van der Waals surface area contributed by atoms with Gasteiger partial charge in [0.1, 0.15) is 0 Å². The Morgan fingerprint density at radius 1 is 1.75 bits per heavy atom. The number of carbonyl (C=O) groups is 1. The number of likely N-dealkylation sites (N-methyl/N-ethyl adjacent to an activating group) is 1. The molecule has 8 heavy (non-hydrogen) atoms. The monoisotopic (exact) mass is 123 g/mol. The number of hydrogen-bond acceptors (Lipinski definition) is 1. The van der Waals surface area contributed by atoms with Gasteiger partial charge in [0.05, 0.1) is 6.08 Å². The zero-order valence-corrected chi connectivity index (χ0v) is 4.24. The summed E-state index contributed by atoms with van der Waals surface area (Å²) in [5.41, 5.74) is 0. The van der Waals surface area contributed by atoms with E-state index in [0.717, 1.165) is 0 Å². The first kappa shape index (κ1) is 7.07. The smallest absolute Gasteiger partial charge is 0.275 e. The SMILES string of the molecule is CNC(=O)C=C(F)F.[HH]. The van der Waals surface area contributed by atoms with Crippen LogP contribution >= 0.6 is 0 Å². The lowest BCUT2D eigenvalue weighted by Gasteiger charge is -1.85. The molecule has 0 unspecified atom stereocenters. The molecule has 2 nitrogen and oxygen atoms in total. The molecule has 0 aromatic heterocycles. The van der Waals surface area contributed by atoms with Crippen molar-refractivity contribution in [2.24, 2.45) is 0 Å². The summed E-state index contributed by atoms with van der Waals surface area (Å²) in [6, 6.07) is 0. The summed E-state index contributed by atoms with van der Waals surface area (Å²) in [5, 5.41) is 2.00. The van der Waals surface area contributed by atoms with E-state index in [1.807, 2.05) is 5.32 Å². The van der Waals surface area contributed by atoms with Crippen molar-refractivity contribution < 1.29 is 15.0 Å². The molecule has 0 aliphatic rings. The number of hydrogen-bond donors (Lipinski definition) is 1. The predicted octanol–water partition coefficient (Wildman–Crippen LogP) is 0.759. The highest BCUT2D eigenvalue weighted by Gasteiger charge is 1.93. The van der Waals surface area contributed by atoms with E-state index in [9.17, 15) is 13.6 Å². The van der Waals surface area contributed by atoms with Gasteiger partial charge in [0.2, 0.25) is 5.91 Å². The van der Waals surface area contributed by atoms with Crippen LogP contribution in [0.5, 0.6) is 0 Å². The maximum Gasteiger partial charge on any atom is 0.275 e. The number of carbonyl (C=O) groups excluding carboxylic acids is 1. The molecule has 0 aromatic rings. The second-order valence-electron chi connectivity index (χ2n) is 1.05. The van der Waals surface area contributed by atoms with Gasteiger partial charge in [0.25, 0.3) is 6.08 Å². The first-order chi connectivity index (χ1) is 3.66. The van der Waals surface area contributed by atoms with Gasteiger partial charge in [-0.05, 0) is 0 Å². The fourth-order valence-electron chi connectivity index (χ4n) is 0.171. The highest BCUT2D eigenvalue weighted by molar-refractivity contribution is 5.87. The number of amides is 1. The second-order valence-corrected chi connectivity index (χ2v) is 1.05. The van der Waals surface area contributed by atoms with Crippen LogP contribution in [-0.4, -0.2) is 13.0 Å². The van der Waals surface area contributed by atoms with Crippen LogP contribution in [0.25, 0.3) is 0 Å². The molecule has 48 valence electrons. The third-order valence-electron chi connectivity index (χ3n) is 0.487. The van der Waals surface area contributed by atoms with Crippen LogP contribution in [0.15, 0.2) is 12.2 Å². The lowest BCUT2D eigenvalue weighted by molar-refractivity contribution is -0.116. The highest BCUT2D eigenvalue weighted by Crippen LogP contribution is 1.93. The predicted molar refractivity (Wildman–Crippen MR) is 26.5 cm³/mol. The minimum atomic E-state index is -1.98. The average molecular weight is 123 g/mol. The van der Waals surface area contributed by atoms with Crippen molar-refractivity contribution in [2.45, 2.75) is 0 Å². The highest BCUT2D eigenvalue weighted by atomic mass is 19.3. The van der Waals surface area contributed by atoms with Gasteiger partial charge >= 0.3 is 0 Å². The summed E-state index contributed by atoms with van der Waals surface area (Å²) >= 11 is 0. The Morgan fingerprint density at radius 3 is 2.38 bits per heavy atom. The molecule has 0 atom stereocenters. The van der Waals surface area contributed by atoms with Crippen molar-refractivity contribution in [3.05, 3.63) is 12.2 Å². The zero-order chi connectivity index (χ0) is 6.57. The molecule has 0 saturated carbocycles. The Hall–Kier alpha value is -0.930. The van der Waals surface area contributed by atoms with Crippen LogP contribution in [0.3, 0.4) is 0 Å². The summed E-state index contributed by atoms with van der Waals surface area (Å²) in [4.78, 5) is 9.95. The fourth-order valence-corrected chi connectivity index (χ4v) is 0.171. The average Bonchev–Trinajstić information content (AvgIpc) is 1.65. The Bertz CT molecular complexity index is 122. The van der Waals surface area contributed by atoms with Gasteiger partial charge in [-0.2, -0.15) is 8.78 Å². The van der Waals surface area contributed by atoms with Gasteiger partial charge < -0.3 is 5.32 Å². The first-order valence-electron chi connectivity index (χ1n) is 1.91. The molecule has 1 amide bonds. The minimum absolute atomic E-state index is 0. The number of rotatable bonds is 1. The van der Waals surface area contributed by atoms with E-state index in [-0.39, 0.29) is 7.50 Å². The van der Waals surface area contributed by atoms with Crippen molar-refractivity contribution in [3.63, 3.8) is 0 Å². The Morgan fingerprint density at radius 2 is 2.25 bits per heavy atom. The van der Waals surface area contributed by atoms with Crippen molar-refractivity contribution in [1.82, 2.24) is 5.32 Å². The fraction of sp³-hybridized carbons (Fsp3) is 0.250. The van der Waals surface area contributed by atoms with Crippen LogP contribution in [0.2, 0.25) is 0 Å². The molecule has 0 heterocycles. The second kappa shape index (κ2) is 3.12. The van der Waals surface area contributed by atoms with E-state index in [1.54, 1.807) is 0 Å². The Balaban J connectivity index is 0. The third kappa shape index (κ3) is 3.27. The Kier molecular flexibility index (Phi) is 2.76. The van der Waals surface area contributed by atoms with E-state index < -0.39 is 12.0 Å². The van der Waals surface area contributed by atoms with E-state index in [0.29, 0.717) is 0 Å². The van der Waals surface area contributed by atoms with Gasteiger partial charge in [0.15, 0.2) is 0 Å². The van der Waals surface area contributed by atoms with Gasteiger partial charge in [0, 0.05) is 8.47 Å². The van der Waals surface area contributed by atoms with Crippen molar-refractivity contribution in [2.75, 3.05) is 7.05 Å². The van der Waals surface area contributed by atoms with Crippen molar-refractivity contribution in [1.29, 1.82) is 0 Å². The first-order valence-corrected chi connectivity index (χ1v) is 1.91. The summed E-state index contributed by atoms with van der Waals surface area (Å²) in [6.45, 7) is 0. The van der Waals surface area contributed by atoms with E-state index in [1.165, 1.54) is 7.05 Å². The maximum atomic E-state index is 11.1. The summed E-state index contributed by atoms with van der Waals surface area (Å²) in [5.74, 6) is -0.787. The molecule has 0 fully saturated rings. The minimum Gasteiger partial charge on any atom is -0.355 e. The largest absolute Gasteiger partial charge is 0.355 e. The third-order valence-corrected chi connectivity index (χ3v) is 0.487. The molecule has 0 radical (unpaired) electrons. The summed E-state index contributed by atoms with van der Waals surface area (Å²) < 4.78 is 22.1. The standard InChI is InChI=1S/C4H5F2NO.H2/c1-7-4(8)2-3(5)6;/h2H,1H3,(H,7,8);1H. The topological polar surface area (TPSA) is 29.1 Å². The molecule has 0 rings (SSSR count). The quantitative estimate of drug-likeness (QED) is 0.512. The lowest BCUT2D eigenvalue weighted by atomic mass is 10.6. The zero-order valence-electron chi connectivity index (χ0n) is 4.24. The molecular formula is C4H7F2NO. The van der Waals surface area contributed by atoms with Gasteiger partial charge in [-0.1, -0.05) is 0 Å². The molecule has 4 heteroatoms. The normalized spacial score (nSPS) is 7.88. The van der Waals surface area contributed by atoms with E-state index in [4.69, 9.17) is 0 Å². The Labute approximate surface area is 46.7 Å². The maximum absolute atomic E-state index is 11.1. The van der Waals surface area contributed by atoms with Gasteiger partial charge in [-0.25, -0.2) is 0 Å².